The first kappa shape index (κ1) is 16.7. The van der Waals surface area contributed by atoms with Crippen LogP contribution in [0.25, 0.3) is 0 Å². The van der Waals surface area contributed by atoms with E-state index in [0.29, 0.717) is 31.2 Å². The number of methoxy groups -OCH3 is 1. The Hall–Kier alpha value is -1.63. The fourth-order valence-corrected chi connectivity index (χ4v) is 2.22. The zero-order valence-electron chi connectivity index (χ0n) is 13.0. The second kappa shape index (κ2) is 9.40. The van der Waals surface area contributed by atoms with E-state index in [-0.39, 0.29) is 18.6 Å². The molecule has 2 N–H and O–H groups in total. The van der Waals surface area contributed by atoms with E-state index < -0.39 is 0 Å². The number of carbonyl (C=O) groups excluding carboxylic acids is 1. The summed E-state index contributed by atoms with van der Waals surface area (Å²) >= 11 is 0. The van der Waals surface area contributed by atoms with Gasteiger partial charge in [-0.05, 0) is 25.0 Å². The molecule has 0 radical (unpaired) electrons. The van der Waals surface area contributed by atoms with Gasteiger partial charge in [-0.3, -0.25) is 4.79 Å². The third-order valence-corrected chi connectivity index (χ3v) is 3.38. The van der Waals surface area contributed by atoms with Gasteiger partial charge in [0.1, 0.15) is 12.4 Å². The van der Waals surface area contributed by atoms with E-state index in [4.69, 9.17) is 14.2 Å². The Morgan fingerprint density at radius 1 is 1.41 bits per heavy atom. The van der Waals surface area contributed by atoms with Gasteiger partial charge in [-0.25, -0.2) is 0 Å². The number of hydrogen-bond donors (Lipinski definition) is 2. The monoisotopic (exact) mass is 308 g/mol. The van der Waals surface area contributed by atoms with Crippen LogP contribution in [0.4, 0.5) is 5.69 Å². The van der Waals surface area contributed by atoms with Crippen molar-refractivity contribution in [2.75, 3.05) is 45.3 Å². The summed E-state index contributed by atoms with van der Waals surface area (Å²) in [5.41, 5.74) is 0.680. The summed E-state index contributed by atoms with van der Waals surface area (Å²) in [6, 6.07) is 7.44. The molecule has 6 heteroatoms. The van der Waals surface area contributed by atoms with Crippen LogP contribution in [0.2, 0.25) is 0 Å². The molecular weight excluding hydrogens is 284 g/mol. The van der Waals surface area contributed by atoms with E-state index in [1.165, 1.54) is 0 Å². The Balaban J connectivity index is 1.80. The maximum Gasteiger partial charge on any atom is 0.238 e. The summed E-state index contributed by atoms with van der Waals surface area (Å²) in [5.74, 6) is 0.563. The normalized spacial score (nSPS) is 17.4. The zero-order valence-corrected chi connectivity index (χ0v) is 13.0. The highest BCUT2D eigenvalue weighted by Gasteiger charge is 2.17. The smallest absolute Gasteiger partial charge is 0.238 e. The highest BCUT2D eigenvalue weighted by molar-refractivity contribution is 5.93. The lowest BCUT2D eigenvalue weighted by Crippen LogP contribution is -2.30. The van der Waals surface area contributed by atoms with Gasteiger partial charge in [-0.2, -0.15) is 0 Å². The molecule has 0 bridgehead atoms. The topological polar surface area (TPSA) is 68.8 Å². The third-order valence-electron chi connectivity index (χ3n) is 3.38. The highest BCUT2D eigenvalue weighted by Crippen LogP contribution is 2.24. The van der Waals surface area contributed by atoms with E-state index in [0.717, 1.165) is 19.4 Å². The first-order valence-electron chi connectivity index (χ1n) is 7.62. The predicted molar refractivity (Wildman–Crippen MR) is 84.3 cm³/mol. The Labute approximate surface area is 131 Å². The van der Waals surface area contributed by atoms with Crippen molar-refractivity contribution in [3.05, 3.63) is 24.3 Å². The van der Waals surface area contributed by atoms with Crippen LogP contribution in [0.3, 0.4) is 0 Å². The van der Waals surface area contributed by atoms with E-state index >= 15 is 0 Å². The lowest BCUT2D eigenvalue weighted by molar-refractivity contribution is -0.115. The molecule has 1 heterocycles. The van der Waals surface area contributed by atoms with Crippen molar-refractivity contribution in [2.45, 2.75) is 18.9 Å². The van der Waals surface area contributed by atoms with Crippen LogP contribution in [0, 0.1) is 0 Å². The number of hydrogen-bond acceptors (Lipinski definition) is 5. The molecule has 0 spiro atoms. The zero-order chi connectivity index (χ0) is 15.6. The summed E-state index contributed by atoms with van der Waals surface area (Å²) in [4.78, 5) is 11.9. The van der Waals surface area contributed by atoms with Gasteiger partial charge in [0.15, 0.2) is 0 Å². The molecule has 1 unspecified atom stereocenters. The number of carbonyl (C=O) groups is 1. The quantitative estimate of drug-likeness (QED) is 0.675. The number of nitrogens with one attached hydrogen (secondary N) is 2. The molecule has 0 saturated carbocycles. The number of para-hydroxylation sites is 2. The number of ether oxygens (including phenoxy) is 3. The standard InChI is InChI=1S/C16H24N2O4/c1-20-10-8-17-11-16(19)18-14-6-2-3-7-15(14)22-12-13-5-4-9-21-13/h2-3,6-7,13,17H,4-5,8-12H2,1H3,(H,18,19). The van der Waals surface area contributed by atoms with Crippen LogP contribution in [-0.2, 0) is 14.3 Å². The van der Waals surface area contributed by atoms with Crippen LogP contribution >= 0.6 is 0 Å². The van der Waals surface area contributed by atoms with Gasteiger partial charge in [0.05, 0.1) is 24.9 Å². The largest absolute Gasteiger partial charge is 0.489 e. The van der Waals surface area contributed by atoms with E-state index in [1.54, 1.807) is 7.11 Å². The fraction of sp³-hybridized carbons (Fsp3) is 0.562. The van der Waals surface area contributed by atoms with Crippen molar-refractivity contribution in [1.82, 2.24) is 5.32 Å². The van der Waals surface area contributed by atoms with Crippen LogP contribution in [0.1, 0.15) is 12.8 Å². The molecule has 2 rings (SSSR count). The average Bonchev–Trinajstić information content (AvgIpc) is 3.04. The van der Waals surface area contributed by atoms with Gasteiger partial charge in [-0.15, -0.1) is 0 Å². The maximum atomic E-state index is 11.9. The Bertz CT molecular complexity index is 461. The summed E-state index contributed by atoms with van der Waals surface area (Å²) in [5, 5.41) is 5.86. The summed E-state index contributed by atoms with van der Waals surface area (Å²) in [7, 11) is 1.63. The molecule has 1 aliphatic heterocycles. The average molecular weight is 308 g/mol. The minimum Gasteiger partial charge on any atom is -0.489 e. The second-order valence-electron chi connectivity index (χ2n) is 5.16. The lowest BCUT2D eigenvalue weighted by atomic mass is 10.2. The van der Waals surface area contributed by atoms with Crippen molar-refractivity contribution >= 4 is 11.6 Å². The molecule has 0 aromatic heterocycles. The minimum absolute atomic E-state index is 0.107. The maximum absolute atomic E-state index is 11.9. The van der Waals surface area contributed by atoms with E-state index in [2.05, 4.69) is 10.6 Å². The fourth-order valence-electron chi connectivity index (χ4n) is 2.22. The lowest BCUT2D eigenvalue weighted by Gasteiger charge is -2.15. The third kappa shape index (κ3) is 5.63. The molecule has 6 nitrogen and oxygen atoms in total. The van der Waals surface area contributed by atoms with Crippen LogP contribution in [0.15, 0.2) is 24.3 Å². The number of amides is 1. The van der Waals surface area contributed by atoms with Gasteiger partial charge in [0.2, 0.25) is 5.91 Å². The summed E-state index contributed by atoms with van der Waals surface area (Å²) in [6.45, 7) is 2.78. The highest BCUT2D eigenvalue weighted by atomic mass is 16.5. The predicted octanol–water partition coefficient (Wildman–Crippen LogP) is 1.42. The van der Waals surface area contributed by atoms with Gasteiger partial charge >= 0.3 is 0 Å². The second-order valence-corrected chi connectivity index (χ2v) is 5.16. The van der Waals surface area contributed by atoms with Gasteiger partial charge in [0, 0.05) is 20.3 Å². The molecule has 1 amide bonds. The van der Waals surface area contributed by atoms with Crippen LogP contribution in [0.5, 0.6) is 5.75 Å². The SMILES string of the molecule is COCCNCC(=O)Nc1ccccc1OCC1CCCO1. The van der Waals surface area contributed by atoms with Gasteiger partial charge < -0.3 is 24.8 Å². The van der Waals surface area contributed by atoms with Crippen LogP contribution in [-0.4, -0.2) is 52.0 Å². The number of rotatable bonds is 9. The van der Waals surface area contributed by atoms with E-state index in [9.17, 15) is 4.79 Å². The Morgan fingerprint density at radius 2 is 2.27 bits per heavy atom. The summed E-state index contributed by atoms with van der Waals surface area (Å²) < 4.78 is 16.2. The molecule has 122 valence electrons. The van der Waals surface area contributed by atoms with E-state index in [1.807, 2.05) is 24.3 Å². The Morgan fingerprint density at radius 3 is 3.05 bits per heavy atom. The molecule has 1 aliphatic rings. The molecule has 1 fully saturated rings. The van der Waals surface area contributed by atoms with Crippen LogP contribution < -0.4 is 15.4 Å². The van der Waals surface area contributed by atoms with Crippen molar-refractivity contribution in [3.8, 4) is 5.75 Å². The van der Waals surface area contributed by atoms with Crippen molar-refractivity contribution < 1.29 is 19.0 Å². The molecule has 1 saturated heterocycles. The van der Waals surface area contributed by atoms with Crippen molar-refractivity contribution in [1.29, 1.82) is 0 Å². The Kier molecular flexibility index (Phi) is 7.15. The molecule has 1 atom stereocenters. The molecule has 22 heavy (non-hydrogen) atoms. The molecular formula is C16H24N2O4. The minimum atomic E-state index is -0.107. The molecule has 0 aliphatic carbocycles. The number of benzene rings is 1. The molecule has 1 aromatic carbocycles. The van der Waals surface area contributed by atoms with Gasteiger partial charge in [0.25, 0.3) is 0 Å². The summed E-state index contributed by atoms with van der Waals surface area (Å²) in [6.07, 6.45) is 2.26. The molecule has 1 aromatic rings. The first-order chi connectivity index (χ1) is 10.8. The van der Waals surface area contributed by atoms with Crippen molar-refractivity contribution in [2.24, 2.45) is 0 Å². The van der Waals surface area contributed by atoms with Gasteiger partial charge in [-0.1, -0.05) is 12.1 Å². The number of anilines is 1. The van der Waals surface area contributed by atoms with Crippen molar-refractivity contribution in [3.63, 3.8) is 0 Å². The first-order valence-corrected chi connectivity index (χ1v) is 7.62.